The number of hydrogen-bond acceptors (Lipinski definition) is 9. The molecule has 2 aromatic carbocycles. The normalized spacial score (nSPS) is 11.5. The molecule has 0 aliphatic carbocycles. The second-order valence-corrected chi connectivity index (χ2v) is 10.8. The molecule has 1 amide bonds. The van der Waals surface area contributed by atoms with Gasteiger partial charge < -0.3 is 9.47 Å². The van der Waals surface area contributed by atoms with Crippen LogP contribution >= 0.6 is 11.3 Å². The molecule has 0 atom stereocenters. The van der Waals surface area contributed by atoms with Crippen molar-refractivity contribution in [2.75, 3.05) is 24.3 Å². The van der Waals surface area contributed by atoms with Gasteiger partial charge in [0.2, 0.25) is 19.3 Å². The summed E-state index contributed by atoms with van der Waals surface area (Å²) in [6.45, 7) is 6.22. The molecule has 182 valence electrons. The van der Waals surface area contributed by atoms with Crippen molar-refractivity contribution >= 4 is 38.3 Å². The first-order valence-electron chi connectivity index (χ1n) is 10.6. The number of ether oxygens (including phenoxy) is 2. The predicted octanol–water partition coefficient (Wildman–Crippen LogP) is 3.95. The lowest BCUT2D eigenvalue weighted by Gasteiger charge is -2.12. The molecule has 0 aliphatic heterocycles. The van der Waals surface area contributed by atoms with Crippen LogP contribution in [-0.4, -0.2) is 43.5 Å². The Balaban J connectivity index is 1.56. The van der Waals surface area contributed by atoms with Crippen molar-refractivity contribution in [2.45, 2.75) is 25.1 Å². The van der Waals surface area contributed by atoms with Gasteiger partial charge >= 0.3 is 0 Å². The molecular weight excluding hydrogens is 488 g/mol. The van der Waals surface area contributed by atoms with Gasteiger partial charge in [-0.25, -0.2) is 8.42 Å². The van der Waals surface area contributed by atoms with Gasteiger partial charge in [-0.2, -0.15) is 5.26 Å². The molecule has 0 saturated carbocycles. The summed E-state index contributed by atoms with van der Waals surface area (Å²) >= 11 is 0.733. The fourth-order valence-electron chi connectivity index (χ4n) is 2.98. The fourth-order valence-corrected chi connectivity index (χ4v) is 4.96. The number of nitrogens with one attached hydrogen (secondary N) is 1. The molecule has 11 heteroatoms. The van der Waals surface area contributed by atoms with Crippen LogP contribution in [0.1, 0.15) is 23.6 Å². The topological polar surface area (TPSA) is 131 Å². The first-order valence-corrected chi connectivity index (χ1v) is 13.1. The van der Waals surface area contributed by atoms with Crippen molar-refractivity contribution in [3.63, 3.8) is 0 Å². The second-order valence-electron chi connectivity index (χ2n) is 7.39. The van der Waals surface area contributed by atoms with E-state index in [-0.39, 0.29) is 20.8 Å². The Morgan fingerprint density at radius 2 is 1.74 bits per heavy atom. The van der Waals surface area contributed by atoms with Gasteiger partial charge in [0.15, 0.2) is 0 Å². The van der Waals surface area contributed by atoms with Crippen LogP contribution in [0.2, 0.25) is 0 Å². The summed E-state index contributed by atoms with van der Waals surface area (Å²) < 4.78 is 35.0. The minimum Gasteiger partial charge on any atom is -0.490 e. The quantitative estimate of drug-likeness (QED) is 0.187. The summed E-state index contributed by atoms with van der Waals surface area (Å²) in [6.07, 6.45) is 1.41. The molecule has 35 heavy (non-hydrogen) atoms. The van der Waals surface area contributed by atoms with Crippen molar-refractivity contribution in [1.29, 1.82) is 5.26 Å². The van der Waals surface area contributed by atoms with Crippen LogP contribution in [0.25, 0.3) is 6.08 Å². The molecule has 0 radical (unpaired) electrons. The lowest BCUT2D eigenvalue weighted by Crippen LogP contribution is -2.13. The summed E-state index contributed by atoms with van der Waals surface area (Å²) in [5.74, 6) is 0.635. The number of aryl methyl sites for hydroxylation is 2. The fraction of sp³-hybridized carbons (Fsp3) is 0.250. The molecule has 0 saturated heterocycles. The number of anilines is 1. The Morgan fingerprint density at radius 1 is 1.09 bits per heavy atom. The molecule has 1 aromatic heterocycles. The third-order valence-electron chi connectivity index (χ3n) is 4.84. The zero-order chi connectivity index (χ0) is 25.4. The molecule has 3 rings (SSSR count). The lowest BCUT2D eigenvalue weighted by molar-refractivity contribution is -0.112. The van der Waals surface area contributed by atoms with Gasteiger partial charge in [0.05, 0.1) is 5.75 Å². The molecule has 1 N–H and O–H groups in total. The second kappa shape index (κ2) is 11.6. The van der Waals surface area contributed by atoms with E-state index in [1.807, 2.05) is 38.1 Å². The first-order chi connectivity index (χ1) is 16.7. The number of aromatic nitrogens is 2. The Hall–Kier alpha value is -3.75. The van der Waals surface area contributed by atoms with Crippen molar-refractivity contribution < 1.29 is 22.7 Å². The molecule has 0 unspecified atom stereocenters. The average Bonchev–Trinajstić information content (AvgIpc) is 3.32. The SMILES string of the molecule is CCS(=O)(=O)c1nnc(NC(=O)C(C#N)=Cc2ccc(OCCOc3c(C)cccc3C)cc2)s1. The van der Waals surface area contributed by atoms with Crippen LogP contribution in [0.4, 0.5) is 5.13 Å². The third kappa shape index (κ3) is 6.88. The van der Waals surface area contributed by atoms with Gasteiger partial charge in [-0.3, -0.25) is 10.1 Å². The highest BCUT2D eigenvalue weighted by Gasteiger charge is 2.19. The monoisotopic (exact) mass is 512 g/mol. The summed E-state index contributed by atoms with van der Waals surface area (Å²) in [7, 11) is -3.52. The Kier molecular flexibility index (Phi) is 8.57. The molecular formula is C24H24N4O5S2. The number of carbonyl (C=O) groups is 1. The summed E-state index contributed by atoms with van der Waals surface area (Å²) in [4.78, 5) is 12.4. The van der Waals surface area contributed by atoms with Crippen LogP contribution in [-0.2, 0) is 14.6 Å². The van der Waals surface area contributed by atoms with E-state index in [9.17, 15) is 18.5 Å². The zero-order valence-electron chi connectivity index (χ0n) is 19.4. The van der Waals surface area contributed by atoms with E-state index in [1.54, 1.807) is 24.3 Å². The van der Waals surface area contributed by atoms with E-state index in [0.29, 0.717) is 24.5 Å². The van der Waals surface area contributed by atoms with Gasteiger partial charge in [-0.15, -0.1) is 10.2 Å². The number of nitrogens with zero attached hydrogens (tertiary/aromatic N) is 3. The third-order valence-corrected chi connectivity index (χ3v) is 7.86. The van der Waals surface area contributed by atoms with Crippen LogP contribution in [0, 0.1) is 25.2 Å². The van der Waals surface area contributed by atoms with Crippen LogP contribution in [0.3, 0.4) is 0 Å². The van der Waals surface area contributed by atoms with E-state index in [0.717, 1.165) is 28.2 Å². The van der Waals surface area contributed by atoms with Gasteiger partial charge in [0.25, 0.3) is 5.91 Å². The Labute approximate surface area is 208 Å². The first kappa shape index (κ1) is 25.9. The Bertz CT molecular complexity index is 1350. The highest BCUT2D eigenvalue weighted by Crippen LogP contribution is 2.23. The highest BCUT2D eigenvalue weighted by molar-refractivity contribution is 7.93. The standard InChI is InChI=1S/C24H24N4O5S2/c1-4-35(30,31)24-28-27-23(34-24)26-22(29)19(15-25)14-18-8-10-20(11-9-18)32-12-13-33-21-16(2)6-5-7-17(21)3/h5-11,14H,4,12-13H2,1-3H3,(H,26,27,29). The smallest absolute Gasteiger partial charge is 0.268 e. The number of sulfone groups is 1. The van der Waals surface area contributed by atoms with E-state index in [2.05, 4.69) is 15.5 Å². The number of benzene rings is 2. The number of para-hydroxylation sites is 1. The molecule has 3 aromatic rings. The van der Waals surface area contributed by atoms with Gasteiger partial charge in [-0.05, 0) is 48.7 Å². The van der Waals surface area contributed by atoms with E-state index >= 15 is 0 Å². The zero-order valence-corrected chi connectivity index (χ0v) is 21.1. The minimum atomic E-state index is -3.52. The van der Waals surface area contributed by atoms with Gasteiger partial charge in [0.1, 0.15) is 36.4 Å². The van der Waals surface area contributed by atoms with Crippen LogP contribution in [0.15, 0.2) is 52.4 Å². The maximum atomic E-state index is 12.4. The summed E-state index contributed by atoms with van der Waals surface area (Å²) in [5, 5.41) is 19.0. The maximum Gasteiger partial charge on any atom is 0.268 e. The number of carbonyl (C=O) groups excluding carboxylic acids is 1. The van der Waals surface area contributed by atoms with Crippen LogP contribution < -0.4 is 14.8 Å². The summed E-state index contributed by atoms with van der Waals surface area (Å²) in [5.41, 5.74) is 2.57. The number of nitriles is 1. The number of hydrogen-bond donors (Lipinski definition) is 1. The van der Waals surface area contributed by atoms with E-state index < -0.39 is 15.7 Å². The lowest BCUT2D eigenvalue weighted by atomic mass is 10.1. The number of rotatable bonds is 10. The van der Waals surface area contributed by atoms with Gasteiger partial charge in [-0.1, -0.05) is 48.6 Å². The van der Waals surface area contributed by atoms with Crippen molar-refractivity contribution in [1.82, 2.24) is 10.2 Å². The van der Waals surface area contributed by atoms with E-state index in [4.69, 9.17) is 9.47 Å². The highest BCUT2D eigenvalue weighted by atomic mass is 32.2. The van der Waals surface area contributed by atoms with Crippen molar-refractivity contribution in [2.24, 2.45) is 0 Å². The largest absolute Gasteiger partial charge is 0.490 e. The molecule has 0 fully saturated rings. The average molecular weight is 513 g/mol. The Morgan fingerprint density at radius 3 is 2.37 bits per heavy atom. The van der Waals surface area contributed by atoms with Crippen LogP contribution in [0.5, 0.6) is 11.5 Å². The molecule has 1 heterocycles. The number of amides is 1. The molecule has 0 spiro atoms. The molecule has 0 aliphatic rings. The molecule has 9 nitrogen and oxygen atoms in total. The van der Waals surface area contributed by atoms with E-state index in [1.165, 1.54) is 13.0 Å². The minimum absolute atomic E-state index is 0.00460. The molecule has 0 bridgehead atoms. The van der Waals surface area contributed by atoms with Crippen molar-refractivity contribution in [3.8, 4) is 17.6 Å². The van der Waals surface area contributed by atoms with Crippen molar-refractivity contribution in [3.05, 3.63) is 64.7 Å². The van der Waals surface area contributed by atoms with Gasteiger partial charge in [0, 0.05) is 0 Å². The predicted molar refractivity (Wildman–Crippen MR) is 133 cm³/mol. The maximum absolute atomic E-state index is 12.4. The summed E-state index contributed by atoms with van der Waals surface area (Å²) in [6, 6.07) is 14.7.